The van der Waals surface area contributed by atoms with E-state index in [9.17, 15) is 9.59 Å². The highest BCUT2D eigenvalue weighted by atomic mass is 16.2. The summed E-state index contributed by atoms with van der Waals surface area (Å²) in [5.74, 6) is 1.04. The van der Waals surface area contributed by atoms with E-state index in [0.717, 1.165) is 25.9 Å². The first kappa shape index (κ1) is 15.3. The van der Waals surface area contributed by atoms with Crippen LogP contribution in [0.3, 0.4) is 0 Å². The summed E-state index contributed by atoms with van der Waals surface area (Å²) >= 11 is 0. The summed E-state index contributed by atoms with van der Waals surface area (Å²) in [5, 5.41) is 3.29. The van der Waals surface area contributed by atoms with Crippen LogP contribution in [-0.4, -0.2) is 60.9 Å². The molecule has 0 aliphatic carbocycles. The van der Waals surface area contributed by atoms with Gasteiger partial charge in [-0.3, -0.25) is 9.59 Å². The van der Waals surface area contributed by atoms with Crippen LogP contribution in [0, 0.1) is 11.8 Å². The van der Waals surface area contributed by atoms with E-state index >= 15 is 0 Å². The molecule has 0 saturated carbocycles. The summed E-state index contributed by atoms with van der Waals surface area (Å²) in [7, 11) is 0. The van der Waals surface area contributed by atoms with Gasteiger partial charge in [-0.2, -0.15) is 0 Å². The molecule has 5 nitrogen and oxygen atoms in total. The van der Waals surface area contributed by atoms with E-state index in [1.807, 2.05) is 9.80 Å². The summed E-state index contributed by atoms with van der Waals surface area (Å²) in [6.07, 6.45) is 2.70. The lowest BCUT2D eigenvalue weighted by Crippen LogP contribution is -2.53. The molecule has 2 fully saturated rings. The van der Waals surface area contributed by atoms with Gasteiger partial charge in [0.2, 0.25) is 11.8 Å². The molecule has 1 N–H and O–H groups in total. The standard InChI is InChI=1S/C15H27N3O2/c1-12(2)10-14(19)17-6-8-18(9-7-17)15(20)13-4-3-5-16-11-13/h12-13,16H,3-11H2,1-2H3/t13-/m1/s1. The number of carbonyl (C=O) groups is 2. The number of rotatable bonds is 3. The van der Waals surface area contributed by atoms with Crippen LogP contribution in [0.5, 0.6) is 0 Å². The molecule has 5 heteroatoms. The summed E-state index contributed by atoms with van der Waals surface area (Å²) in [5.41, 5.74) is 0. The fourth-order valence-corrected chi connectivity index (χ4v) is 2.98. The SMILES string of the molecule is CC(C)CC(=O)N1CCN(C(=O)[C@@H]2CCCNC2)CC1. The van der Waals surface area contributed by atoms with Gasteiger partial charge in [-0.05, 0) is 25.3 Å². The van der Waals surface area contributed by atoms with Gasteiger partial charge >= 0.3 is 0 Å². The summed E-state index contributed by atoms with van der Waals surface area (Å²) in [6.45, 7) is 8.74. The molecule has 2 aliphatic heterocycles. The van der Waals surface area contributed by atoms with E-state index in [0.29, 0.717) is 38.5 Å². The number of hydrogen-bond acceptors (Lipinski definition) is 3. The van der Waals surface area contributed by atoms with Gasteiger partial charge in [0.25, 0.3) is 0 Å². The first-order chi connectivity index (χ1) is 9.58. The highest BCUT2D eigenvalue weighted by Gasteiger charge is 2.29. The van der Waals surface area contributed by atoms with Gasteiger partial charge in [-0.15, -0.1) is 0 Å². The van der Waals surface area contributed by atoms with Crippen molar-refractivity contribution in [1.29, 1.82) is 0 Å². The molecule has 0 bridgehead atoms. The van der Waals surface area contributed by atoms with Crippen molar-refractivity contribution < 1.29 is 9.59 Å². The summed E-state index contributed by atoms with van der Waals surface area (Å²) < 4.78 is 0. The van der Waals surface area contributed by atoms with Gasteiger partial charge in [0, 0.05) is 39.1 Å². The molecule has 0 spiro atoms. The number of amides is 2. The van der Waals surface area contributed by atoms with Crippen LogP contribution in [0.4, 0.5) is 0 Å². The maximum absolute atomic E-state index is 12.4. The number of nitrogens with one attached hydrogen (secondary N) is 1. The van der Waals surface area contributed by atoms with E-state index in [2.05, 4.69) is 19.2 Å². The molecule has 2 saturated heterocycles. The Balaban J connectivity index is 1.78. The maximum Gasteiger partial charge on any atom is 0.227 e. The number of carbonyl (C=O) groups excluding carboxylic acids is 2. The Hall–Kier alpha value is -1.10. The molecule has 2 aliphatic rings. The zero-order valence-corrected chi connectivity index (χ0v) is 12.7. The predicted octanol–water partition coefficient (Wildman–Crippen LogP) is 0.703. The predicted molar refractivity (Wildman–Crippen MR) is 78.2 cm³/mol. The van der Waals surface area contributed by atoms with E-state index < -0.39 is 0 Å². The van der Waals surface area contributed by atoms with E-state index in [1.165, 1.54) is 0 Å². The van der Waals surface area contributed by atoms with E-state index in [-0.39, 0.29) is 17.7 Å². The van der Waals surface area contributed by atoms with Gasteiger partial charge in [-0.1, -0.05) is 13.8 Å². The molecule has 0 radical (unpaired) electrons. The Morgan fingerprint density at radius 2 is 1.80 bits per heavy atom. The van der Waals surface area contributed by atoms with Gasteiger partial charge in [0.05, 0.1) is 5.92 Å². The molecule has 0 aromatic heterocycles. The van der Waals surface area contributed by atoms with Crippen molar-refractivity contribution in [3.8, 4) is 0 Å². The minimum absolute atomic E-state index is 0.140. The first-order valence-electron chi connectivity index (χ1n) is 7.85. The maximum atomic E-state index is 12.4. The molecule has 2 heterocycles. The highest BCUT2D eigenvalue weighted by molar-refractivity contribution is 5.80. The van der Waals surface area contributed by atoms with Crippen LogP contribution >= 0.6 is 0 Å². The third-order valence-corrected chi connectivity index (χ3v) is 4.17. The van der Waals surface area contributed by atoms with Crippen LogP contribution < -0.4 is 5.32 Å². The normalized spacial score (nSPS) is 24.1. The average molecular weight is 281 g/mol. The Kier molecular flexibility index (Phi) is 5.40. The molecule has 0 unspecified atom stereocenters. The fraction of sp³-hybridized carbons (Fsp3) is 0.867. The van der Waals surface area contributed by atoms with Crippen LogP contribution in [0.15, 0.2) is 0 Å². The lowest BCUT2D eigenvalue weighted by atomic mass is 9.98. The quantitative estimate of drug-likeness (QED) is 0.828. The van der Waals surface area contributed by atoms with Crippen molar-refractivity contribution in [2.24, 2.45) is 11.8 Å². The summed E-state index contributed by atoms with van der Waals surface area (Å²) in [6, 6.07) is 0. The fourth-order valence-electron chi connectivity index (χ4n) is 2.98. The summed E-state index contributed by atoms with van der Waals surface area (Å²) in [4.78, 5) is 28.2. The molecule has 2 amide bonds. The second-order valence-electron chi connectivity index (χ2n) is 6.35. The smallest absolute Gasteiger partial charge is 0.227 e. The van der Waals surface area contributed by atoms with Crippen molar-refractivity contribution >= 4 is 11.8 Å². The second kappa shape index (κ2) is 7.07. The molecule has 20 heavy (non-hydrogen) atoms. The van der Waals surface area contributed by atoms with Crippen LogP contribution in [0.2, 0.25) is 0 Å². The van der Waals surface area contributed by atoms with Gasteiger partial charge < -0.3 is 15.1 Å². The molecule has 2 rings (SSSR count). The molecule has 0 aromatic rings. The molecule has 114 valence electrons. The van der Waals surface area contributed by atoms with E-state index in [4.69, 9.17) is 0 Å². The zero-order chi connectivity index (χ0) is 14.5. The van der Waals surface area contributed by atoms with Crippen molar-refractivity contribution in [2.75, 3.05) is 39.3 Å². The van der Waals surface area contributed by atoms with Crippen molar-refractivity contribution in [3.63, 3.8) is 0 Å². The Bertz CT molecular complexity index is 343. The number of hydrogen-bond donors (Lipinski definition) is 1. The van der Waals surface area contributed by atoms with Gasteiger partial charge in [0.15, 0.2) is 0 Å². The number of nitrogens with zero attached hydrogens (tertiary/aromatic N) is 2. The third kappa shape index (κ3) is 3.95. The van der Waals surface area contributed by atoms with Gasteiger partial charge in [-0.25, -0.2) is 0 Å². The van der Waals surface area contributed by atoms with Crippen molar-refractivity contribution in [3.05, 3.63) is 0 Å². The van der Waals surface area contributed by atoms with Crippen LogP contribution in [-0.2, 0) is 9.59 Å². The Labute approximate surface area is 121 Å². The van der Waals surface area contributed by atoms with Crippen LogP contribution in [0.1, 0.15) is 33.1 Å². The number of piperidine rings is 1. The zero-order valence-electron chi connectivity index (χ0n) is 12.7. The third-order valence-electron chi connectivity index (χ3n) is 4.17. The van der Waals surface area contributed by atoms with Crippen molar-refractivity contribution in [2.45, 2.75) is 33.1 Å². The lowest BCUT2D eigenvalue weighted by molar-refractivity contribution is -0.142. The van der Waals surface area contributed by atoms with Gasteiger partial charge in [0.1, 0.15) is 0 Å². The average Bonchev–Trinajstić information content (AvgIpc) is 2.47. The molecule has 1 atom stereocenters. The number of piperazine rings is 1. The second-order valence-corrected chi connectivity index (χ2v) is 6.35. The monoisotopic (exact) mass is 281 g/mol. The minimum Gasteiger partial charge on any atom is -0.339 e. The Morgan fingerprint density at radius 3 is 2.35 bits per heavy atom. The van der Waals surface area contributed by atoms with Crippen LogP contribution in [0.25, 0.3) is 0 Å². The van der Waals surface area contributed by atoms with E-state index in [1.54, 1.807) is 0 Å². The Morgan fingerprint density at radius 1 is 1.15 bits per heavy atom. The molecular weight excluding hydrogens is 254 g/mol. The van der Waals surface area contributed by atoms with Crippen molar-refractivity contribution in [1.82, 2.24) is 15.1 Å². The lowest BCUT2D eigenvalue weighted by Gasteiger charge is -2.37. The molecular formula is C15H27N3O2. The largest absolute Gasteiger partial charge is 0.339 e. The molecule has 0 aromatic carbocycles. The topological polar surface area (TPSA) is 52.7 Å². The highest BCUT2D eigenvalue weighted by Crippen LogP contribution is 2.15. The first-order valence-corrected chi connectivity index (χ1v) is 7.85. The minimum atomic E-state index is 0.140.